The maximum atomic E-state index is 13.2. The molecule has 0 saturated carbocycles. The lowest BCUT2D eigenvalue weighted by Crippen LogP contribution is -2.51. The van der Waals surface area contributed by atoms with Crippen LogP contribution in [0.3, 0.4) is 0 Å². The predicted molar refractivity (Wildman–Crippen MR) is 127 cm³/mol. The molecule has 1 aliphatic carbocycles. The first-order valence-corrected chi connectivity index (χ1v) is 12.9. The van der Waals surface area contributed by atoms with Crippen molar-refractivity contribution < 1.29 is 23.1 Å². The summed E-state index contributed by atoms with van der Waals surface area (Å²) < 4.78 is 27.4. The van der Waals surface area contributed by atoms with E-state index < -0.39 is 27.9 Å². The minimum absolute atomic E-state index is 0.0578. The molecule has 8 nitrogen and oxygen atoms in total. The molecule has 3 N–H and O–H groups in total. The number of hydrogen-bond donors (Lipinski definition) is 3. The van der Waals surface area contributed by atoms with Crippen LogP contribution in [0.4, 0.5) is 0 Å². The second-order valence-corrected chi connectivity index (χ2v) is 10.8. The van der Waals surface area contributed by atoms with E-state index >= 15 is 0 Å². The normalized spacial score (nSPS) is 20.0. The van der Waals surface area contributed by atoms with E-state index in [2.05, 4.69) is 10.6 Å². The molecule has 0 spiro atoms. The summed E-state index contributed by atoms with van der Waals surface area (Å²) in [7, 11) is -4.18. The Bertz CT molecular complexity index is 1270. The van der Waals surface area contributed by atoms with E-state index in [4.69, 9.17) is 23.2 Å². The average molecular weight is 524 g/mol. The molecule has 2 aromatic carbocycles. The number of nitrogens with one attached hydrogen (secondary N) is 2. The summed E-state index contributed by atoms with van der Waals surface area (Å²) in [5.74, 6) is -1.06. The largest absolute Gasteiger partial charge is 0.392 e. The van der Waals surface area contributed by atoms with Crippen molar-refractivity contribution in [1.82, 2.24) is 14.9 Å². The van der Waals surface area contributed by atoms with Crippen LogP contribution in [0.2, 0.25) is 10.0 Å². The molecule has 2 amide bonds. The first-order valence-electron chi connectivity index (χ1n) is 10.7. The Morgan fingerprint density at radius 2 is 1.97 bits per heavy atom. The van der Waals surface area contributed by atoms with Gasteiger partial charge in [0.2, 0.25) is 11.8 Å². The van der Waals surface area contributed by atoms with E-state index in [0.29, 0.717) is 0 Å². The van der Waals surface area contributed by atoms with E-state index in [1.807, 2.05) is 18.2 Å². The Labute approximate surface area is 207 Å². The molecule has 0 unspecified atom stereocenters. The average Bonchev–Trinajstić information content (AvgIpc) is 2.81. The monoisotopic (exact) mass is 523 g/mol. The number of carbonyl (C=O) groups is 2. The number of sulfonamides is 1. The van der Waals surface area contributed by atoms with Crippen molar-refractivity contribution >= 4 is 45.0 Å². The Kier molecular flexibility index (Phi) is 7.18. The third-order valence-corrected chi connectivity index (χ3v) is 8.46. The van der Waals surface area contributed by atoms with Gasteiger partial charge in [-0.1, -0.05) is 41.4 Å². The van der Waals surface area contributed by atoms with Crippen molar-refractivity contribution in [3.05, 3.63) is 75.5 Å². The Balaban J connectivity index is 1.54. The minimum Gasteiger partial charge on any atom is -0.392 e. The van der Waals surface area contributed by atoms with Gasteiger partial charge in [0, 0.05) is 12.4 Å². The van der Waals surface area contributed by atoms with Gasteiger partial charge in [-0.05, 0) is 54.2 Å². The van der Waals surface area contributed by atoms with Gasteiger partial charge in [0.05, 0.1) is 34.0 Å². The van der Waals surface area contributed by atoms with Gasteiger partial charge in [-0.2, -0.15) is 0 Å². The van der Waals surface area contributed by atoms with Crippen LogP contribution in [-0.4, -0.2) is 35.7 Å². The fraction of sp³-hybridized carbons (Fsp3) is 0.304. The molecule has 0 aromatic heterocycles. The van der Waals surface area contributed by atoms with E-state index in [1.54, 1.807) is 0 Å². The minimum atomic E-state index is -4.18. The number of halogens is 2. The van der Waals surface area contributed by atoms with Gasteiger partial charge in [-0.3, -0.25) is 13.9 Å². The molecule has 1 heterocycles. The van der Waals surface area contributed by atoms with Crippen LogP contribution < -0.4 is 10.6 Å². The smallest absolute Gasteiger partial charge is 0.264 e. The van der Waals surface area contributed by atoms with Gasteiger partial charge in [0.1, 0.15) is 6.04 Å². The zero-order valence-electron chi connectivity index (χ0n) is 18.0. The number of aliphatic hydroxyl groups excluding tert-OH is 1. The zero-order valence-corrected chi connectivity index (χ0v) is 20.3. The van der Waals surface area contributed by atoms with E-state index in [9.17, 15) is 23.1 Å². The molecule has 4 rings (SSSR count). The number of benzene rings is 2. The number of aryl methyl sites for hydroxylation is 1. The number of hydrogen-bond acceptors (Lipinski definition) is 5. The molecule has 2 aliphatic rings. The summed E-state index contributed by atoms with van der Waals surface area (Å²) in [5, 5.41) is 15.0. The van der Waals surface area contributed by atoms with Gasteiger partial charge < -0.3 is 15.7 Å². The van der Waals surface area contributed by atoms with Crippen LogP contribution >= 0.6 is 23.2 Å². The van der Waals surface area contributed by atoms with Crippen molar-refractivity contribution in [2.45, 2.75) is 49.3 Å². The fourth-order valence-electron chi connectivity index (χ4n) is 4.24. The summed E-state index contributed by atoms with van der Waals surface area (Å²) in [6.07, 6.45) is 4.49. The van der Waals surface area contributed by atoms with E-state index in [0.717, 1.165) is 40.3 Å². The lowest BCUT2D eigenvalue weighted by Gasteiger charge is -2.32. The highest BCUT2D eigenvalue weighted by atomic mass is 35.5. The molecule has 1 aliphatic heterocycles. The lowest BCUT2D eigenvalue weighted by molar-refractivity contribution is -0.129. The van der Waals surface area contributed by atoms with Crippen LogP contribution in [0.5, 0.6) is 0 Å². The molecule has 180 valence electrons. The SMILES string of the molecule is O=C(C[C@@H]1C(=O)NC=CN1S(=O)(=O)c1ccc(Cl)c(Cl)c1)N[C@@H]1CCCc2cc(CO)ccc21. The third kappa shape index (κ3) is 4.93. The van der Waals surface area contributed by atoms with Crippen LogP contribution in [-0.2, 0) is 32.6 Å². The van der Waals surface area contributed by atoms with Crippen LogP contribution in [0.15, 0.2) is 53.7 Å². The van der Waals surface area contributed by atoms with Crippen molar-refractivity contribution in [3.63, 3.8) is 0 Å². The molecule has 11 heteroatoms. The summed E-state index contributed by atoms with van der Waals surface area (Å²) in [6.45, 7) is -0.0578. The maximum Gasteiger partial charge on any atom is 0.264 e. The molecule has 2 atom stereocenters. The molecule has 0 fully saturated rings. The topological polar surface area (TPSA) is 116 Å². The lowest BCUT2D eigenvalue weighted by atomic mass is 9.86. The molecule has 34 heavy (non-hydrogen) atoms. The van der Waals surface area contributed by atoms with Crippen molar-refractivity contribution in [2.24, 2.45) is 0 Å². The van der Waals surface area contributed by atoms with Gasteiger partial charge >= 0.3 is 0 Å². The molecule has 0 bridgehead atoms. The van der Waals surface area contributed by atoms with E-state index in [1.165, 1.54) is 30.6 Å². The standard InChI is InChI=1S/C23H23Cl2N3O5S/c24-18-7-5-16(11-19(18)25)34(32,33)28-9-8-26-23(31)21(28)12-22(30)27-20-3-1-2-15-10-14(13-29)4-6-17(15)20/h4-11,20-21,29H,1-3,12-13H2,(H,26,31)(H,27,30)/t20-,21-/m1/s1. The number of fused-ring (bicyclic) bond motifs is 1. The van der Waals surface area contributed by atoms with Crippen molar-refractivity contribution in [3.8, 4) is 0 Å². The first-order chi connectivity index (χ1) is 16.2. The second-order valence-electron chi connectivity index (χ2n) is 8.16. The van der Waals surface area contributed by atoms with Crippen molar-refractivity contribution in [1.29, 1.82) is 0 Å². The van der Waals surface area contributed by atoms with Crippen LogP contribution in [0, 0.1) is 0 Å². The number of rotatable bonds is 6. The van der Waals surface area contributed by atoms with Crippen LogP contribution in [0.1, 0.15) is 42.0 Å². The van der Waals surface area contributed by atoms with E-state index in [-0.39, 0.29) is 34.0 Å². The Hall–Kier alpha value is -2.59. The van der Waals surface area contributed by atoms with Gasteiger partial charge in [0.15, 0.2) is 0 Å². The summed E-state index contributed by atoms with van der Waals surface area (Å²) >= 11 is 11.9. The Morgan fingerprint density at radius 1 is 1.18 bits per heavy atom. The van der Waals surface area contributed by atoms with Gasteiger partial charge in [0.25, 0.3) is 10.0 Å². The number of aliphatic hydroxyl groups is 1. The highest BCUT2D eigenvalue weighted by molar-refractivity contribution is 7.89. The van der Waals surface area contributed by atoms with Crippen LogP contribution in [0.25, 0.3) is 0 Å². The Morgan fingerprint density at radius 3 is 2.71 bits per heavy atom. The summed E-state index contributed by atoms with van der Waals surface area (Å²) in [4.78, 5) is 25.4. The quantitative estimate of drug-likeness (QED) is 0.538. The predicted octanol–water partition coefficient (Wildman–Crippen LogP) is 3.03. The highest BCUT2D eigenvalue weighted by Crippen LogP contribution is 2.32. The molecule has 0 saturated heterocycles. The summed E-state index contributed by atoms with van der Waals surface area (Å²) in [5.41, 5.74) is 2.83. The molecule has 2 aromatic rings. The summed E-state index contributed by atoms with van der Waals surface area (Å²) in [6, 6.07) is 7.96. The second kappa shape index (κ2) is 9.95. The van der Waals surface area contributed by atoms with Gasteiger partial charge in [-0.15, -0.1) is 0 Å². The molecular weight excluding hydrogens is 501 g/mol. The number of carbonyl (C=O) groups excluding carboxylic acids is 2. The first kappa shape index (κ1) is 24.5. The highest BCUT2D eigenvalue weighted by Gasteiger charge is 2.37. The van der Waals surface area contributed by atoms with Crippen molar-refractivity contribution in [2.75, 3.05) is 0 Å². The molecule has 0 radical (unpaired) electrons. The zero-order chi connectivity index (χ0) is 24.5. The fourth-order valence-corrected chi connectivity index (χ4v) is 6.08. The molecular formula is C23H23Cl2N3O5S. The number of nitrogens with zero attached hydrogens (tertiary/aromatic N) is 1. The third-order valence-electron chi connectivity index (χ3n) is 5.94. The number of amides is 2. The van der Waals surface area contributed by atoms with Gasteiger partial charge in [-0.25, -0.2) is 8.42 Å². The maximum absolute atomic E-state index is 13.2.